The molecule has 0 aliphatic rings. The predicted octanol–water partition coefficient (Wildman–Crippen LogP) is 3.35. The van der Waals surface area contributed by atoms with Crippen LogP contribution in [0.1, 0.15) is 60.0 Å². The normalized spacial score (nSPS) is 12.0. The Morgan fingerprint density at radius 2 is 1.92 bits per heavy atom. The fraction of sp³-hybridized carbons (Fsp3) is 0.333. The third-order valence-electron chi connectivity index (χ3n) is 3.75. The summed E-state index contributed by atoms with van der Waals surface area (Å²) in [5.41, 5.74) is 2.28. The van der Waals surface area contributed by atoms with Gasteiger partial charge < -0.3 is 10.4 Å². The maximum atomic E-state index is 12.6. The van der Waals surface area contributed by atoms with Crippen LogP contribution in [0.2, 0.25) is 0 Å². The van der Waals surface area contributed by atoms with Crippen molar-refractivity contribution in [1.29, 1.82) is 0 Å². The molecule has 0 radical (unpaired) electrons. The van der Waals surface area contributed by atoms with E-state index in [-0.39, 0.29) is 11.8 Å². The molecule has 1 aromatic heterocycles. The second-order valence-electron chi connectivity index (χ2n) is 6.01. The molecule has 0 fully saturated rings. The predicted molar refractivity (Wildman–Crippen MR) is 91.3 cm³/mol. The van der Waals surface area contributed by atoms with Crippen molar-refractivity contribution in [3.8, 4) is 0 Å². The maximum Gasteiger partial charge on any atom is 0.310 e. The Kier molecular flexibility index (Phi) is 5.28. The van der Waals surface area contributed by atoms with Gasteiger partial charge in [0.25, 0.3) is 5.91 Å². The zero-order valence-corrected chi connectivity index (χ0v) is 14.2. The summed E-state index contributed by atoms with van der Waals surface area (Å²) >= 11 is 0. The zero-order valence-electron chi connectivity index (χ0n) is 14.2. The molecule has 1 amide bonds. The Morgan fingerprint density at radius 1 is 1.21 bits per heavy atom. The van der Waals surface area contributed by atoms with Gasteiger partial charge in [0.2, 0.25) is 0 Å². The smallest absolute Gasteiger partial charge is 0.310 e. The average Bonchev–Trinajstić information content (AvgIpc) is 2.53. The van der Waals surface area contributed by atoms with Crippen LogP contribution >= 0.6 is 0 Å². The first-order chi connectivity index (χ1) is 11.3. The van der Waals surface area contributed by atoms with E-state index in [1.165, 1.54) is 6.20 Å². The van der Waals surface area contributed by atoms with Gasteiger partial charge in [0.05, 0.1) is 17.2 Å². The highest BCUT2D eigenvalue weighted by molar-refractivity contribution is 6.05. The first-order valence-corrected chi connectivity index (χ1v) is 7.77. The number of aromatic nitrogens is 2. The molecular weight excluding hydrogens is 306 g/mol. The van der Waals surface area contributed by atoms with E-state index in [4.69, 9.17) is 5.11 Å². The number of rotatable bonds is 5. The minimum Gasteiger partial charge on any atom is -0.481 e. The summed E-state index contributed by atoms with van der Waals surface area (Å²) in [6.07, 6.45) is 1.52. The first-order valence-electron chi connectivity index (χ1n) is 7.77. The highest BCUT2D eigenvalue weighted by atomic mass is 16.4. The number of carbonyl (C=O) groups is 2. The lowest BCUT2D eigenvalue weighted by Gasteiger charge is -2.13. The lowest BCUT2D eigenvalue weighted by Crippen LogP contribution is -2.17. The van der Waals surface area contributed by atoms with Crippen LogP contribution in [-0.4, -0.2) is 27.0 Å². The van der Waals surface area contributed by atoms with E-state index < -0.39 is 11.9 Å². The van der Waals surface area contributed by atoms with Crippen molar-refractivity contribution in [3.05, 3.63) is 53.1 Å². The van der Waals surface area contributed by atoms with Crippen molar-refractivity contribution < 1.29 is 14.7 Å². The number of carbonyl (C=O) groups excluding carboxylic acids is 1. The van der Waals surface area contributed by atoms with Crippen LogP contribution in [0, 0.1) is 6.92 Å². The quantitative estimate of drug-likeness (QED) is 0.878. The molecule has 0 bridgehead atoms. The molecule has 6 heteroatoms. The molecule has 2 rings (SSSR count). The van der Waals surface area contributed by atoms with Crippen molar-refractivity contribution in [1.82, 2.24) is 9.97 Å². The van der Waals surface area contributed by atoms with Crippen molar-refractivity contribution in [2.24, 2.45) is 0 Å². The third kappa shape index (κ3) is 3.95. The van der Waals surface area contributed by atoms with Gasteiger partial charge in [-0.25, -0.2) is 9.97 Å². The van der Waals surface area contributed by atoms with Crippen LogP contribution < -0.4 is 5.32 Å². The molecule has 1 atom stereocenters. The van der Waals surface area contributed by atoms with E-state index in [0.717, 1.165) is 0 Å². The number of anilines is 1. The number of aryl methyl sites for hydroxylation is 1. The Hall–Kier alpha value is -2.76. The standard InChI is InChI=1S/C18H21N3O3/c1-10(2)16-15(9-19-12(4)20-16)17(22)21-14-7-5-6-13(8-14)11(3)18(23)24/h5-11H,1-4H3,(H,21,22)(H,23,24). The lowest BCUT2D eigenvalue weighted by atomic mass is 10.0. The van der Waals surface area contributed by atoms with E-state index >= 15 is 0 Å². The molecule has 6 nitrogen and oxygen atoms in total. The van der Waals surface area contributed by atoms with Gasteiger partial charge in [0.15, 0.2) is 0 Å². The molecule has 0 spiro atoms. The summed E-state index contributed by atoms with van der Waals surface area (Å²) < 4.78 is 0. The molecule has 2 N–H and O–H groups in total. The molecule has 1 unspecified atom stereocenters. The van der Waals surface area contributed by atoms with Crippen LogP contribution in [0.25, 0.3) is 0 Å². The van der Waals surface area contributed by atoms with Gasteiger partial charge in [-0.1, -0.05) is 26.0 Å². The number of carboxylic acids is 1. The summed E-state index contributed by atoms with van der Waals surface area (Å²) in [7, 11) is 0. The Balaban J connectivity index is 2.28. The number of nitrogens with one attached hydrogen (secondary N) is 1. The number of amides is 1. The number of benzene rings is 1. The second-order valence-corrected chi connectivity index (χ2v) is 6.01. The summed E-state index contributed by atoms with van der Waals surface area (Å²) in [6.45, 7) is 7.32. The molecule has 0 aliphatic carbocycles. The molecule has 0 aliphatic heterocycles. The van der Waals surface area contributed by atoms with E-state index in [1.54, 1.807) is 38.1 Å². The minimum atomic E-state index is -0.910. The number of hydrogen-bond acceptors (Lipinski definition) is 4. The maximum absolute atomic E-state index is 12.6. The molecule has 1 aromatic carbocycles. The molecular formula is C18H21N3O3. The summed E-state index contributed by atoms with van der Waals surface area (Å²) in [6, 6.07) is 6.84. The van der Waals surface area contributed by atoms with Gasteiger partial charge in [-0.15, -0.1) is 0 Å². The first kappa shape index (κ1) is 17.6. The van der Waals surface area contributed by atoms with E-state index in [0.29, 0.717) is 28.3 Å². The molecule has 0 saturated carbocycles. The second kappa shape index (κ2) is 7.21. The number of aliphatic carboxylic acids is 1. The van der Waals surface area contributed by atoms with Gasteiger partial charge in [-0.3, -0.25) is 9.59 Å². The Labute approximate surface area is 141 Å². The van der Waals surface area contributed by atoms with Crippen LogP contribution in [0.15, 0.2) is 30.5 Å². The summed E-state index contributed by atoms with van der Waals surface area (Å²) in [5, 5.41) is 11.9. The topological polar surface area (TPSA) is 92.2 Å². The molecule has 126 valence electrons. The Morgan fingerprint density at radius 3 is 2.54 bits per heavy atom. The minimum absolute atomic E-state index is 0.0887. The van der Waals surface area contributed by atoms with Gasteiger partial charge in [-0.2, -0.15) is 0 Å². The molecule has 2 aromatic rings. The van der Waals surface area contributed by atoms with Crippen molar-refractivity contribution in [2.75, 3.05) is 5.32 Å². The van der Waals surface area contributed by atoms with Crippen LogP contribution in [0.3, 0.4) is 0 Å². The average molecular weight is 327 g/mol. The SMILES string of the molecule is Cc1ncc(C(=O)Nc2cccc(C(C)C(=O)O)c2)c(C(C)C)n1. The van der Waals surface area contributed by atoms with Crippen molar-refractivity contribution in [2.45, 2.75) is 39.5 Å². The van der Waals surface area contributed by atoms with Gasteiger partial charge in [0, 0.05) is 11.9 Å². The summed E-state index contributed by atoms with van der Waals surface area (Å²) in [5.74, 6) is -1.15. The van der Waals surface area contributed by atoms with Crippen molar-refractivity contribution >= 4 is 17.6 Å². The van der Waals surface area contributed by atoms with Crippen LogP contribution in [-0.2, 0) is 4.79 Å². The summed E-state index contributed by atoms with van der Waals surface area (Å²) in [4.78, 5) is 32.1. The largest absolute Gasteiger partial charge is 0.481 e. The van der Waals surface area contributed by atoms with Gasteiger partial charge in [0.1, 0.15) is 5.82 Å². The highest BCUT2D eigenvalue weighted by Crippen LogP contribution is 2.21. The van der Waals surface area contributed by atoms with E-state index in [9.17, 15) is 9.59 Å². The van der Waals surface area contributed by atoms with Crippen LogP contribution in [0.4, 0.5) is 5.69 Å². The van der Waals surface area contributed by atoms with E-state index in [1.807, 2.05) is 13.8 Å². The molecule has 1 heterocycles. The van der Waals surface area contributed by atoms with Crippen LogP contribution in [0.5, 0.6) is 0 Å². The fourth-order valence-electron chi connectivity index (χ4n) is 2.33. The highest BCUT2D eigenvalue weighted by Gasteiger charge is 2.18. The monoisotopic (exact) mass is 327 g/mol. The number of nitrogens with zero attached hydrogens (tertiary/aromatic N) is 2. The van der Waals surface area contributed by atoms with Gasteiger partial charge >= 0.3 is 5.97 Å². The molecule has 0 saturated heterocycles. The fourth-order valence-corrected chi connectivity index (χ4v) is 2.33. The Bertz CT molecular complexity index is 772. The number of hydrogen-bond donors (Lipinski definition) is 2. The van der Waals surface area contributed by atoms with Crippen molar-refractivity contribution in [3.63, 3.8) is 0 Å². The number of carboxylic acid groups (broad SMARTS) is 1. The lowest BCUT2D eigenvalue weighted by molar-refractivity contribution is -0.138. The third-order valence-corrected chi connectivity index (χ3v) is 3.75. The zero-order chi connectivity index (χ0) is 17.9. The van der Waals surface area contributed by atoms with E-state index in [2.05, 4.69) is 15.3 Å². The van der Waals surface area contributed by atoms with Gasteiger partial charge in [-0.05, 0) is 37.5 Å². The molecule has 24 heavy (non-hydrogen) atoms.